The van der Waals surface area contributed by atoms with Crippen molar-refractivity contribution < 1.29 is 0 Å². The van der Waals surface area contributed by atoms with Crippen LogP contribution in [0.25, 0.3) is 0 Å². The van der Waals surface area contributed by atoms with Gasteiger partial charge in [0.05, 0.1) is 0 Å². The van der Waals surface area contributed by atoms with Crippen LogP contribution in [0.3, 0.4) is 0 Å². The fourth-order valence-corrected chi connectivity index (χ4v) is 2.38. The van der Waals surface area contributed by atoms with Crippen LogP contribution >= 0.6 is 0 Å². The van der Waals surface area contributed by atoms with E-state index < -0.39 is 0 Å². The second-order valence-corrected chi connectivity index (χ2v) is 4.18. The monoisotopic (exact) mass is 155 g/mol. The van der Waals surface area contributed by atoms with Crippen molar-refractivity contribution in [2.75, 3.05) is 6.54 Å². The molecule has 1 aliphatic rings. The van der Waals surface area contributed by atoms with E-state index in [1.807, 2.05) is 0 Å². The van der Waals surface area contributed by atoms with Crippen LogP contribution in [0.15, 0.2) is 0 Å². The Labute approximate surface area is 70.6 Å². The van der Waals surface area contributed by atoms with Crippen LogP contribution in [0.2, 0.25) is 0 Å². The fourth-order valence-electron chi connectivity index (χ4n) is 2.38. The SMILES string of the molecule is CC[C@@H]1[C@@H](C)NC[C@H]1C(C)C. The van der Waals surface area contributed by atoms with Crippen LogP contribution < -0.4 is 5.32 Å². The average molecular weight is 155 g/mol. The molecule has 66 valence electrons. The minimum Gasteiger partial charge on any atom is -0.314 e. The predicted octanol–water partition coefficient (Wildman–Crippen LogP) is 2.28. The Hall–Kier alpha value is -0.0400. The second kappa shape index (κ2) is 3.57. The third-order valence-corrected chi connectivity index (χ3v) is 3.20. The molecule has 1 nitrogen and oxygen atoms in total. The van der Waals surface area contributed by atoms with Crippen LogP contribution in [0.5, 0.6) is 0 Å². The standard InChI is InChI=1S/C10H21N/c1-5-9-8(4)11-6-10(9)7(2)3/h7-11H,5-6H2,1-4H3/t8-,9-,10+/m1/s1. The third-order valence-electron chi connectivity index (χ3n) is 3.20. The highest BCUT2D eigenvalue weighted by atomic mass is 15.0. The normalized spacial score (nSPS) is 38.5. The topological polar surface area (TPSA) is 12.0 Å². The Morgan fingerprint density at radius 2 is 2.09 bits per heavy atom. The second-order valence-electron chi connectivity index (χ2n) is 4.18. The molecule has 0 aromatic rings. The lowest BCUT2D eigenvalue weighted by atomic mass is 9.82. The molecule has 0 unspecified atom stereocenters. The largest absolute Gasteiger partial charge is 0.314 e. The molecule has 3 atom stereocenters. The summed E-state index contributed by atoms with van der Waals surface area (Å²) in [6.07, 6.45) is 1.33. The van der Waals surface area contributed by atoms with Gasteiger partial charge in [0, 0.05) is 6.04 Å². The Morgan fingerprint density at radius 1 is 1.45 bits per heavy atom. The number of hydrogen-bond donors (Lipinski definition) is 1. The summed E-state index contributed by atoms with van der Waals surface area (Å²) in [5.74, 6) is 2.67. The zero-order valence-electron chi connectivity index (χ0n) is 8.22. The molecule has 1 saturated heterocycles. The Bertz CT molecular complexity index is 120. The minimum atomic E-state index is 0.743. The van der Waals surface area contributed by atoms with Crippen molar-refractivity contribution >= 4 is 0 Å². The predicted molar refractivity (Wildman–Crippen MR) is 49.6 cm³/mol. The molecule has 0 aliphatic carbocycles. The highest BCUT2D eigenvalue weighted by Crippen LogP contribution is 2.30. The van der Waals surface area contributed by atoms with E-state index in [2.05, 4.69) is 33.0 Å². The maximum Gasteiger partial charge on any atom is 0.00702 e. The molecule has 1 fully saturated rings. The van der Waals surface area contributed by atoms with Gasteiger partial charge in [-0.2, -0.15) is 0 Å². The smallest absolute Gasteiger partial charge is 0.00702 e. The summed E-state index contributed by atoms with van der Waals surface area (Å²) >= 11 is 0. The maximum atomic E-state index is 3.55. The molecule has 1 rings (SSSR count). The molecule has 0 aromatic heterocycles. The van der Waals surface area contributed by atoms with Gasteiger partial charge in [-0.1, -0.05) is 27.2 Å². The summed E-state index contributed by atoms with van der Waals surface area (Å²) in [7, 11) is 0. The molecule has 1 N–H and O–H groups in total. The van der Waals surface area contributed by atoms with E-state index in [0.29, 0.717) is 0 Å². The van der Waals surface area contributed by atoms with Gasteiger partial charge in [-0.15, -0.1) is 0 Å². The molecule has 0 spiro atoms. The molecule has 0 radical (unpaired) electrons. The number of hydrogen-bond acceptors (Lipinski definition) is 1. The molecular formula is C10H21N. The highest BCUT2D eigenvalue weighted by molar-refractivity contribution is 4.88. The quantitative estimate of drug-likeness (QED) is 0.645. The Balaban J connectivity index is 2.54. The van der Waals surface area contributed by atoms with Crippen LogP contribution in [0, 0.1) is 17.8 Å². The zero-order chi connectivity index (χ0) is 8.43. The Kier molecular flexibility index (Phi) is 2.94. The maximum absolute atomic E-state index is 3.55. The van der Waals surface area contributed by atoms with Crippen LogP contribution in [0.1, 0.15) is 34.1 Å². The molecular weight excluding hydrogens is 134 g/mol. The van der Waals surface area contributed by atoms with Gasteiger partial charge >= 0.3 is 0 Å². The summed E-state index contributed by atoms with van der Waals surface area (Å²) in [6, 6.07) is 0.743. The van der Waals surface area contributed by atoms with Crippen molar-refractivity contribution in [1.82, 2.24) is 5.32 Å². The van der Waals surface area contributed by atoms with Crippen molar-refractivity contribution in [3.8, 4) is 0 Å². The first-order chi connectivity index (χ1) is 5.16. The van der Waals surface area contributed by atoms with Gasteiger partial charge < -0.3 is 5.32 Å². The van der Waals surface area contributed by atoms with Gasteiger partial charge in [0.1, 0.15) is 0 Å². The van der Waals surface area contributed by atoms with E-state index in [9.17, 15) is 0 Å². The van der Waals surface area contributed by atoms with Gasteiger partial charge in [-0.05, 0) is 31.2 Å². The van der Waals surface area contributed by atoms with Crippen molar-refractivity contribution in [2.45, 2.75) is 40.2 Å². The van der Waals surface area contributed by atoms with Gasteiger partial charge in [0.25, 0.3) is 0 Å². The molecule has 1 heterocycles. The molecule has 0 amide bonds. The van der Waals surface area contributed by atoms with Crippen molar-refractivity contribution in [3.05, 3.63) is 0 Å². The third kappa shape index (κ3) is 1.76. The van der Waals surface area contributed by atoms with E-state index >= 15 is 0 Å². The van der Waals surface area contributed by atoms with E-state index in [-0.39, 0.29) is 0 Å². The molecule has 11 heavy (non-hydrogen) atoms. The van der Waals surface area contributed by atoms with Crippen LogP contribution in [-0.4, -0.2) is 12.6 Å². The summed E-state index contributed by atoms with van der Waals surface area (Å²) in [5.41, 5.74) is 0. The molecule has 0 saturated carbocycles. The summed E-state index contributed by atoms with van der Waals surface area (Å²) < 4.78 is 0. The van der Waals surface area contributed by atoms with Crippen LogP contribution in [0.4, 0.5) is 0 Å². The summed E-state index contributed by atoms with van der Waals surface area (Å²) in [6.45, 7) is 10.5. The van der Waals surface area contributed by atoms with Gasteiger partial charge in [-0.3, -0.25) is 0 Å². The van der Waals surface area contributed by atoms with E-state index in [1.165, 1.54) is 13.0 Å². The van der Waals surface area contributed by atoms with E-state index in [1.54, 1.807) is 0 Å². The Morgan fingerprint density at radius 3 is 2.45 bits per heavy atom. The van der Waals surface area contributed by atoms with Crippen molar-refractivity contribution in [1.29, 1.82) is 0 Å². The summed E-state index contributed by atoms with van der Waals surface area (Å²) in [5, 5.41) is 3.55. The number of nitrogens with one attached hydrogen (secondary N) is 1. The van der Waals surface area contributed by atoms with Crippen molar-refractivity contribution in [2.24, 2.45) is 17.8 Å². The van der Waals surface area contributed by atoms with E-state index in [0.717, 1.165) is 23.8 Å². The minimum absolute atomic E-state index is 0.743. The molecule has 1 heteroatoms. The lowest BCUT2D eigenvalue weighted by molar-refractivity contribution is 0.289. The van der Waals surface area contributed by atoms with Gasteiger partial charge in [-0.25, -0.2) is 0 Å². The molecule has 0 aromatic carbocycles. The first-order valence-electron chi connectivity index (χ1n) is 4.90. The molecule has 0 bridgehead atoms. The lowest BCUT2D eigenvalue weighted by Gasteiger charge is -2.22. The highest BCUT2D eigenvalue weighted by Gasteiger charge is 2.32. The van der Waals surface area contributed by atoms with E-state index in [4.69, 9.17) is 0 Å². The number of rotatable bonds is 2. The molecule has 1 aliphatic heterocycles. The van der Waals surface area contributed by atoms with Gasteiger partial charge in [0.2, 0.25) is 0 Å². The van der Waals surface area contributed by atoms with Gasteiger partial charge in [0.15, 0.2) is 0 Å². The average Bonchev–Trinajstić information content (AvgIpc) is 2.30. The van der Waals surface area contributed by atoms with Crippen LogP contribution in [-0.2, 0) is 0 Å². The first-order valence-corrected chi connectivity index (χ1v) is 4.90. The zero-order valence-corrected chi connectivity index (χ0v) is 8.22. The fraction of sp³-hybridized carbons (Fsp3) is 1.00. The first kappa shape index (κ1) is 9.05. The lowest BCUT2D eigenvalue weighted by Crippen LogP contribution is -2.23. The summed E-state index contributed by atoms with van der Waals surface area (Å²) in [4.78, 5) is 0. The van der Waals surface area contributed by atoms with Crippen molar-refractivity contribution in [3.63, 3.8) is 0 Å².